The summed E-state index contributed by atoms with van der Waals surface area (Å²) in [5.74, 6) is -1.56. The fourth-order valence-corrected chi connectivity index (χ4v) is 3.62. The monoisotopic (exact) mass is 395 g/mol. The maximum atomic E-state index is 13.9. The number of rotatable bonds is 4. The van der Waals surface area contributed by atoms with Crippen molar-refractivity contribution in [3.63, 3.8) is 0 Å². The first-order valence-electron chi connectivity index (χ1n) is 8.29. The number of nitrogens with one attached hydrogen (secondary N) is 2. The van der Waals surface area contributed by atoms with Gasteiger partial charge in [-0.25, -0.2) is 17.2 Å². The van der Waals surface area contributed by atoms with Gasteiger partial charge in [-0.15, -0.1) is 0 Å². The number of carbonyl (C=O) groups excluding carboxylic acids is 1. The average molecular weight is 395 g/mol. The number of hydrogen-bond acceptors (Lipinski definition) is 4. The zero-order valence-electron chi connectivity index (χ0n) is 14.6. The van der Waals surface area contributed by atoms with E-state index in [-0.39, 0.29) is 17.2 Å². The molecule has 144 valence electrons. The van der Waals surface area contributed by atoms with Gasteiger partial charge in [0.15, 0.2) is 0 Å². The fourth-order valence-electron chi connectivity index (χ4n) is 3.06. The lowest BCUT2D eigenvalue weighted by molar-refractivity contribution is 0.0634. The molecule has 2 aromatic carbocycles. The van der Waals surface area contributed by atoms with Gasteiger partial charge < -0.3 is 10.2 Å². The lowest BCUT2D eigenvalue weighted by Crippen LogP contribution is -2.48. The van der Waals surface area contributed by atoms with Gasteiger partial charge in [-0.2, -0.15) is 0 Å². The second-order valence-corrected chi connectivity index (χ2v) is 8.09. The Morgan fingerprint density at radius 2 is 2.00 bits per heavy atom. The van der Waals surface area contributed by atoms with E-state index in [0.717, 1.165) is 12.3 Å². The molecule has 1 atom stereocenters. The molecule has 9 heteroatoms. The molecule has 0 spiro atoms. The van der Waals surface area contributed by atoms with Gasteiger partial charge in [0.25, 0.3) is 5.91 Å². The van der Waals surface area contributed by atoms with Gasteiger partial charge in [-0.1, -0.05) is 12.1 Å². The van der Waals surface area contributed by atoms with Crippen LogP contribution >= 0.6 is 0 Å². The van der Waals surface area contributed by atoms with E-state index in [0.29, 0.717) is 25.2 Å². The molecule has 3 rings (SSSR count). The van der Waals surface area contributed by atoms with E-state index >= 15 is 0 Å². The summed E-state index contributed by atoms with van der Waals surface area (Å²) >= 11 is 0. The van der Waals surface area contributed by atoms with Crippen LogP contribution in [0.1, 0.15) is 22.0 Å². The first kappa shape index (κ1) is 19.2. The number of carbonyl (C=O) groups is 1. The van der Waals surface area contributed by atoms with Crippen LogP contribution in [0.15, 0.2) is 42.5 Å². The van der Waals surface area contributed by atoms with E-state index in [1.807, 2.05) is 0 Å². The molecule has 0 aromatic heterocycles. The number of amides is 1. The van der Waals surface area contributed by atoms with Crippen LogP contribution in [0.2, 0.25) is 0 Å². The van der Waals surface area contributed by atoms with Crippen LogP contribution in [-0.2, 0) is 10.0 Å². The summed E-state index contributed by atoms with van der Waals surface area (Å²) in [4.78, 5) is 14.6. The highest BCUT2D eigenvalue weighted by Gasteiger charge is 2.29. The second-order valence-electron chi connectivity index (χ2n) is 6.34. The molecule has 2 N–H and O–H groups in total. The van der Waals surface area contributed by atoms with Crippen molar-refractivity contribution >= 4 is 21.6 Å². The second kappa shape index (κ2) is 7.61. The third-order valence-corrected chi connectivity index (χ3v) is 4.84. The standard InChI is InChI=1S/C18H19F2N3O3S/c1-27(25,26)22-16-10-13(5-6-15(16)20)18(24)23-8-7-21-11-17(23)12-3-2-4-14(19)9-12/h2-6,9-10,17,21-22H,7-8,11H2,1H3. The summed E-state index contributed by atoms with van der Waals surface area (Å²) < 4.78 is 52.3. The predicted molar refractivity (Wildman–Crippen MR) is 97.9 cm³/mol. The van der Waals surface area contributed by atoms with Crippen molar-refractivity contribution in [3.8, 4) is 0 Å². The summed E-state index contributed by atoms with van der Waals surface area (Å²) in [5.41, 5.74) is 0.499. The van der Waals surface area contributed by atoms with Gasteiger partial charge in [0, 0.05) is 25.2 Å². The minimum absolute atomic E-state index is 0.144. The van der Waals surface area contributed by atoms with Gasteiger partial charge in [-0.3, -0.25) is 9.52 Å². The molecule has 1 heterocycles. The molecular formula is C18H19F2N3O3S. The van der Waals surface area contributed by atoms with Crippen molar-refractivity contribution < 1.29 is 22.0 Å². The molecule has 1 aliphatic rings. The Morgan fingerprint density at radius 1 is 1.22 bits per heavy atom. The van der Waals surface area contributed by atoms with Gasteiger partial charge in [0.2, 0.25) is 10.0 Å². The van der Waals surface area contributed by atoms with E-state index in [2.05, 4.69) is 10.0 Å². The number of halogens is 2. The van der Waals surface area contributed by atoms with Crippen LogP contribution in [0.4, 0.5) is 14.5 Å². The third-order valence-electron chi connectivity index (χ3n) is 4.25. The number of nitrogens with zero attached hydrogens (tertiary/aromatic N) is 1. The fraction of sp³-hybridized carbons (Fsp3) is 0.278. The minimum Gasteiger partial charge on any atom is -0.329 e. The van der Waals surface area contributed by atoms with E-state index in [9.17, 15) is 22.0 Å². The lowest BCUT2D eigenvalue weighted by atomic mass is 10.0. The molecular weight excluding hydrogens is 376 g/mol. The van der Waals surface area contributed by atoms with Crippen LogP contribution in [0, 0.1) is 11.6 Å². The Labute approximate surface area is 156 Å². The molecule has 0 saturated carbocycles. The van der Waals surface area contributed by atoms with E-state index < -0.39 is 27.7 Å². The predicted octanol–water partition coefficient (Wildman–Crippen LogP) is 2.12. The maximum absolute atomic E-state index is 13.9. The highest BCUT2D eigenvalue weighted by molar-refractivity contribution is 7.92. The smallest absolute Gasteiger partial charge is 0.254 e. The van der Waals surface area contributed by atoms with Gasteiger partial charge in [-0.05, 0) is 35.9 Å². The molecule has 0 bridgehead atoms. The van der Waals surface area contributed by atoms with Gasteiger partial charge in [0.05, 0.1) is 18.0 Å². The normalized spacial score (nSPS) is 17.6. The summed E-state index contributed by atoms with van der Waals surface area (Å²) in [6, 6.07) is 9.14. The summed E-state index contributed by atoms with van der Waals surface area (Å²) in [6.45, 7) is 1.39. The summed E-state index contributed by atoms with van der Waals surface area (Å²) in [6.07, 6.45) is 0.900. The highest BCUT2D eigenvalue weighted by atomic mass is 32.2. The minimum atomic E-state index is -3.69. The molecule has 6 nitrogen and oxygen atoms in total. The average Bonchev–Trinajstić information content (AvgIpc) is 2.62. The molecule has 1 amide bonds. The van der Waals surface area contributed by atoms with Crippen LogP contribution in [0.25, 0.3) is 0 Å². The van der Waals surface area contributed by atoms with Gasteiger partial charge in [0.1, 0.15) is 11.6 Å². The molecule has 0 radical (unpaired) electrons. The van der Waals surface area contributed by atoms with Crippen LogP contribution < -0.4 is 10.0 Å². The van der Waals surface area contributed by atoms with E-state index in [1.54, 1.807) is 17.0 Å². The first-order chi connectivity index (χ1) is 12.7. The van der Waals surface area contributed by atoms with Crippen molar-refractivity contribution in [2.24, 2.45) is 0 Å². The SMILES string of the molecule is CS(=O)(=O)Nc1cc(C(=O)N2CCNCC2c2cccc(F)c2)ccc1F. The topological polar surface area (TPSA) is 78.5 Å². The summed E-state index contributed by atoms with van der Waals surface area (Å²) in [5, 5.41) is 3.17. The Hall–Kier alpha value is -2.52. The molecule has 0 aliphatic carbocycles. The molecule has 27 heavy (non-hydrogen) atoms. The van der Waals surface area contributed by atoms with E-state index in [1.165, 1.54) is 24.3 Å². The van der Waals surface area contributed by atoms with Crippen molar-refractivity contribution in [2.75, 3.05) is 30.6 Å². The third kappa shape index (κ3) is 4.61. The van der Waals surface area contributed by atoms with E-state index in [4.69, 9.17) is 0 Å². The van der Waals surface area contributed by atoms with Gasteiger partial charge >= 0.3 is 0 Å². The molecule has 1 aliphatic heterocycles. The Kier molecular flexibility index (Phi) is 5.43. The molecule has 2 aromatic rings. The highest BCUT2D eigenvalue weighted by Crippen LogP contribution is 2.26. The van der Waals surface area contributed by atoms with Crippen LogP contribution in [0.5, 0.6) is 0 Å². The van der Waals surface area contributed by atoms with Crippen molar-refractivity contribution in [1.29, 1.82) is 0 Å². The lowest BCUT2D eigenvalue weighted by Gasteiger charge is -2.36. The number of hydrogen-bond donors (Lipinski definition) is 2. The van der Waals surface area contributed by atoms with Crippen molar-refractivity contribution in [1.82, 2.24) is 10.2 Å². The summed E-state index contributed by atoms with van der Waals surface area (Å²) in [7, 11) is -3.69. The van der Waals surface area contributed by atoms with Crippen LogP contribution in [-0.4, -0.2) is 45.1 Å². The molecule has 1 fully saturated rings. The van der Waals surface area contributed by atoms with Crippen LogP contribution in [0.3, 0.4) is 0 Å². The maximum Gasteiger partial charge on any atom is 0.254 e. The Balaban J connectivity index is 1.92. The number of sulfonamides is 1. The van der Waals surface area contributed by atoms with Crippen molar-refractivity contribution in [3.05, 3.63) is 65.2 Å². The zero-order chi connectivity index (χ0) is 19.6. The Bertz CT molecular complexity index is 966. The number of piperazine rings is 1. The zero-order valence-corrected chi connectivity index (χ0v) is 15.4. The largest absolute Gasteiger partial charge is 0.329 e. The molecule has 1 unspecified atom stereocenters. The first-order valence-corrected chi connectivity index (χ1v) is 10.2. The quantitative estimate of drug-likeness (QED) is 0.831. The Morgan fingerprint density at radius 3 is 2.70 bits per heavy atom. The van der Waals surface area contributed by atoms with Crippen molar-refractivity contribution in [2.45, 2.75) is 6.04 Å². The molecule has 1 saturated heterocycles. The number of benzene rings is 2. The number of anilines is 1.